The topological polar surface area (TPSA) is 62.5 Å². The zero-order valence-corrected chi connectivity index (χ0v) is 8.27. The number of hydrogen-bond donors (Lipinski definition) is 2. The van der Waals surface area contributed by atoms with Crippen LogP contribution in [0.5, 0.6) is 0 Å². The van der Waals surface area contributed by atoms with Gasteiger partial charge < -0.3 is 14.8 Å². The van der Waals surface area contributed by atoms with Gasteiger partial charge in [-0.3, -0.25) is 0 Å². The number of aromatic nitrogens is 1. The second kappa shape index (κ2) is 3.40. The van der Waals surface area contributed by atoms with Crippen LogP contribution in [-0.2, 0) is 13.7 Å². The van der Waals surface area contributed by atoms with Gasteiger partial charge in [-0.15, -0.1) is 0 Å². The van der Waals surface area contributed by atoms with Crippen molar-refractivity contribution in [2.24, 2.45) is 7.05 Å². The predicted octanol–water partition coefficient (Wildman–Crippen LogP) is 1.37. The molecule has 2 aromatic rings. The quantitative estimate of drug-likeness (QED) is 0.778. The summed E-state index contributed by atoms with van der Waals surface area (Å²) in [5, 5.41) is 18.8. The average Bonchev–Trinajstić information content (AvgIpc) is 2.55. The van der Waals surface area contributed by atoms with Crippen LogP contribution in [0.2, 0.25) is 0 Å². The van der Waals surface area contributed by atoms with E-state index in [1.165, 1.54) is 0 Å². The van der Waals surface area contributed by atoms with Gasteiger partial charge in [-0.05, 0) is 23.6 Å². The van der Waals surface area contributed by atoms with Crippen molar-refractivity contribution in [1.29, 1.82) is 0 Å². The Morgan fingerprint density at radius 1 is 1.40 bits per heavy atom. The zero-order valence-electron chi connectivity index (χ0n) is 8.27. The fraction of sp³-hybridized carbons (Fsp3) is 0.182. The highest BCUT2D eigenvalue weighted by Crippen LogP contribution is 2.20. The summed E-state index contributed by atoms with van der Waals surface area (Å²) in [6, 6.07) is 6.77. The van der Waals surface area contributed by atoms with Crippen molar-refractivity contribution in [2.75, 3.05) is 0 Å². The highest BCUT2D eigenvalue weighted by molar-refractivity contribution is 5.93. The molecule has 0 saturated carbocycles. The van der Waals surface area contributed by atoms with E-state index in [4.69, 9.17) is 10.2 Å². The van der Waals surface area contributed by atoms with E-state index < -0.39 is 5.97 Å². The van der Waals surface area contributed by atoms with Crippen LogP contribution in [0.15, 0.2) is 24.3 Å². The first kappa shape index (κ1) is 9.73. The molecule has 0 saturated heterocycles. The Kier molecular flexibility index (Phi) is 2.21. The van der Waals surface area contributed by atoms with Crippen LogP contribution >= 0.6 is 0 Å². The van der Waals surface area contributed by atoms with E-state index >= 15 is 0 Å². The van der Waals surface area contributed by atoms with Crippen molar-refractivity contribution in [2.45, 2.75) is 6.61 Å². The van der Waals surface area contributed by atoms with Gasteiger partial charge in [-0.25, -0.2) is 4.79 Å². The molecule has 2 N–H and O–H groups in total. The summed E-state index contributed by atoms with van der Waals surface area (Å²) in [6.07, 6.45) is 0. The lowest BCUT2D eigenvalue weighted by atomic mass is 10.1. The van der Waals surface area contributed by atoms with Gasteiger partial charge in [0.05, 0.1) is 12.2 Å². The molecule has 0 radical (unpaired) electrons. The molecule has 4 heteroatoms. The van der Waals surface area contributed by atoms with E-state index in [2.05, 4.69) is 0 Å². The lowest BCUT2D eigenvalue weighted by molar-refractivity contribution is 0.0697. The maximum atomic E-state index is 10.8. The lowest BCUT2D eigenvalue weighted by Crippen LogP contribution is -1.98. The maximum absolute atomic E-state index is 10.8. The van der Waals surface area contributed by atoms with Crippen molar-refractivity contribution < 1.29 is 15.0 Å². The minimum absolute atomic E-state index is 0.0480. The van der Waals surface area contributed by atoms with E-state index in [9.17, 15) is 4.79 Å². The molecule has 4 nitrogen and oxygen atoms in total. The average molecular weight is 205 g/mol. The fourth-order valence-electron chi connectivity index (χ4n) is 1.67. The molecule has 2 rings (SSSR count). The van der Waals surface area contributed by atoms with Gasteiger partial charge in [0.2, 0.25) is 0 Å². The summed E-state index contributed by atoms with van der Waals surface area (Å²) in [7, 11) is 1.81. The predicted molar refractivity (Wildman–Crippen MR) is 55.8 cm³/mol. The van der Waals surface area contributed by atoms with E-state index in [-0.39, 0.29) is 12.2 Å². The van der Waals surface area contributed by atoms with Gasteiger partial charge in [-0.2, -0.15) is 0 Å². The molecule has 0 spiro atoms. The minimum Gasteiger partial charge on any atom is -0.478 e. The van der Waals surface area contributed by atoms with Crippen LogP contribution in [0, 0.1) is 0 Å². The Labute approximate surface area is 86.4 Å². The molecule has 1 aromatic heterocycles. The number of carboxylic acid groups (broad SMARTS) is 1. The van der Waals surface area contributed by atoms with Crippen LogP contribution in [-0.4, -0.2) is 20.7 Å². The van der Waals surface area contributed by atoms with Crippen molar-refractivity contribution in [1.82, 2.24) is 4.57 Å². The molecule has 0 atom stereocenters. The highest BCUT2D eigenvalue weighted by Gasteiger charge is 2.08. The van der Waals surface area contributed by atoms with Crippen molar-refractivity contribution >= 4 is 16.9 Å². The number of hydrogen-bond acceptors (Lipinski definition) is 2. The van der Waals surface area contributed by atoms with Crippen LogP contribution in [0.25, 0.3) is 10.9 Å². The second-order valence-electron chi connectivity index (χ2n) is 3.43. The smallest absolute Gasteiger partial charge is 0.335 e. The maximum Gasteiger partial charge on any atom is 0.335 e. The third-order valence-electron chi connectivity index (χ3n) is 2.55. The Hall–Kier alpha value is -1.81. The largest absolute Gasteiger partial charge is 0.478 e. The van der Waals surface area contributed by atoms with Gasteiger partial charge >= 0.3 is 5.97 Å². The first-order valence-electron chi connectivity index (χ1n) is 4.56. The van der Waals surface area contributed by atoms with Crippen LogP contribution < -0.4 is 0 Å². The van der Waals surface area contributed by atoms with Gasteiger partial charge in [-0.1, -0.05) is 6.07 Å². The van der Waals surface area contributed by atoms with E-state index in [1.807, 2.05) is 6.07 Å². The number of aliphatic hydroxyl groups is 1. The lowest BCUT2D eigenvalue weighted by Gasteiger charge is -2.01. The highest BCUT2D eigenvalue weighted by atomic mass is 16.4. The standard InChI is InChI=1S/C11H11NO3/c1-12-9(6-13)4-7-2-3-8(11(14)15)5-10(7)12/h2-5,13H,6H2,1H3,(H,14,15). The van der Waals surface area contributed by atoms with Crippen LogP contribution in [0.3, 0.4) is 0 Å². The number of carboxylic acids is 1. The Bertz CT molecular complexity index is 528. The molecular weight excluding hydrogens is 194 g/mol. The number of benzene rings is 1. The summed E-state index contributed by atoms with van der Waals surface area (Å²) >= 11 is 0. The molecule has 15 heavy (non-hydrogen) atoms. The van der Waals surface area contributed by atoms with Gasteiger partial charge in [0.15, 0.2) is 0 Å². The molecule has 1 aromatic carbocycles. The third kappa shape index (κ3) is 1.49. The zero-order chi connectivity index (χ0) is 11.0. The molecule has 0 aliphatic carbocycles. The normalized spacial score (nSPS) is 10.8. The Morgan fingerprint density at radius 3 is 2.73 bits per heavy atom. The van der Waals surface area contributed by atoms with E-state index in [0.29, 0.717) is 0 Å². The fourth-order valence-corrected chi connectivity index (χ4v) is 1.67. The molecule has 0 bridgehead atoms. The minimum atomic E-state index is -0.941. The molecule has 0 amide bonds. The number of fused-ring (bicyclic) bond motifs is 1. The molecular formula is C11H11NO3. The third-order valence-corrected chi connectivity index (χ3v) is 2.55. The summed E-state index contributed by atoms with van der Waals surface area (Å²) in [5.74, 6) is -0.941. The SMILES string of the molecule is Cn1c(CO)cc2ccc(C(=O)O)cc21. The molecule has 0 unspecified atom stereocenters. The number of nitrogens with zero attached hydrogens (tertiary/aromatic N) is 1. The van der Waals surface area contributed by atoms with Crippen LogP contribution in [0.4, 0.5) is 0 Å². The first-order valence-corrected chi connectivity index (χ1v) is 4.56. The molecule has 0 aliphatic heterocycles. The number of rotatable bonds is 2. The number of carbonyl (C=O) groups is 1. The summed E-state index contributed by atoms with van der Waals surface area (Å²) < 4.78 is 1.79. The summed E-state index contributed by atoms with van der Waals surface area (Å²) in [5.41, 5.74) is 1.85. The Morgan fingerprint density at radius 2 is 2.13 bits per heavy atom. The van der Waals surface area contributed by atoms with Crippen molar-refractivity contribution in [3.05, 3.63) is 35.5 Å². The number of aryl methyl sites for hydroxylation is 1. The number of aliphatic hydroxyl groups excluding tert-OH is 1. The molecule has 0 fully saturated rings. The second-order valence-corrected chi connectivity index (χ2v) is 3.43. The van der Waals surface area contributed by atoms with Gasteiger partial charge in [0.25, 0.3) is 0 Å². The van der Waals surface area contributed by atoms with E-state index in [0.717, 1.165) is 16.6 Å². The summed E-state index contributed by atoms with van der Waals surface area (Å²) in [4.78, 5) is 10.8. The molecule has 0 aliphatic rings. The number of aromatic carboxylic acids is 1. The monoisotopic (exact) mass is 205 g/mol. The van der Waals surface area contributed by atoms with Gasteiger partial charge in [0, 0.05) is 18.3 Å². The van der Waals surface area contributed by atoms with Crippen molar-refractivity contribution in [3.8, 4) is 0 Å². The summed E-state index contributed by atoms with van der Waals surface area (Å²) in [6.45, 7) is -0.0480. The van der Waals surface area contributed by atoms with E-state index in [1.54, 1.807) is 29.8 Å². The van der Waals surface area contributed by atoms with Crippen LogP contribution in [0.1, 0.15) is 16.1 Å². The Balaban J connectivity index is 2.70. The van der Waals surface area contributed by atoms with Gasteiger partial charge in [0.1, 0.15) is 0 Å². The molecule has 1 heterocycles. The molecule has 78 valence electrons. The first-order chi connectivity index (χ1) is 7.13. The van der Waals surface area contributed by atoms with Crippen molar-refractivity contribution in [3.63, 3.8) is 0 Å².